The molecule has 1 aliphatic rings. The normalized spacial score (nSPS) is 24.4. The number of hydrogen-bond donors (Lipinski definition) is 2. The molecule has 4 heteroatoms. The second-order valence-corrected chi connectivity index (χ2v) is 4.94. The number of nitrogens with zero attached hydrogens (tertiary/aromatic N) is 2. The molecule has 1 aromatic heterocycles. The van der Waals surface area contributed by atoms with Gasteiger partial charge in [0.2, 0.25) is 0 Å². The van der Waals surface area contributed by atoms with Crippen molar-refractivity contribution in [1.29, 1.82) is 0 Å². The Morgan fingerprint density at radius 3 is 2.76 bits per heavy atom. The number of nitrogens with one attached hydrogen (secondary N) is 2. The molecule has 2 rings (SSSR count). The van der Waals surface area contributed by atoms with Gasteiger partial charge < -0.3 is 10.6 Å². The lowest BCUT2D eigenvalue weighted by molar-refractivity contribution is 0.268. The maximum Gasteiger partial charge on any atom is 0.131 e. The van der Waals surface area contributed by atoms with Crippen LogP contribution in [0.3, 0.4) is 0 Å². The van der Waals surface area contributed by atoms with Gasteiger partial charge >= 0.3 is 0 Å². The van der Waals surface area contributed by atoms with Crippen molar-refractivity contribution in [2.45, 2.75) is 32.6 Å². The highest BCUT2D eigenvalue weighted by Crippen LogP contribution is 2.29. The van der Waals surface area contributed by atoms with Crippen molar-refractivity contribution < 1.29 is 0 Å². The van der Waals surface area contributed by atoms with Crippen LogP contribution in [0.2, 0.25) is 0 Å². The molecule has 1 heterocycles. The van der Waals surface area contributed by atoms with Gasteiger partial charge in [0, 0.05) is 19.7 Å². The summed E-state index contributed by atoms with van der Waals surface area (Å²) in [7, 11) is 1.87. The van der Waals surface area contributed by atoms with Crippen molar-refractivity contribution >= 4 is 11.6 Å². The first kappa shape index (κ1) is 12.1. The average Bonchev–Trinajstić information content (AvgIpc) is 2.38. The molecule has 0 aliphatic heterocycles. The second kappa shape index (κ2) is 5.84. The predicted octanol–water partition coefficient (Wildman–Crippen LogP) is 2.76. The Morgan fingerprint density at radius 2 is 2.00 bits per heavy atom. The first-order chi connectivity index (χ1) is 8.29. The molecule has 94 valence electrons. The SMILES string of the molecule is CNc1cc(NCC2CCCCC2C)ncn1. The topological polar surface area (TPSA) is 49.8 Å². The van der Waals surface area contributed by atoms with Crippen LogP contribution in [0.25, 0.3) is 0 Å². The van der Waals surface area contributed by atoms with Gasteiger partial charge in [0.05, 0.1) is 0 Å². The van der Waals surface area contributed by atoms with Crippen LogP contribution in [0, 0.1) is 11.8 Å². The molecule has 1 saturated carbocycles. The quantitative estimate of drug-likeness (QED) is 0.841. The fourth-order valence-electron chi connectivity index (χ4n) is 2.52. The molecule has 1 aromatic rings. The molecular weight excluding hydrogens is 212 g/mol. The van der Waals surface area contributed by atoms with Crippen LogP contribution in [-0.4, -0.2) is 23.6 Å². The Labute approximate surface area is 103 Å². The van der Waals surface area contributed by atoms with E-state index in [2.05, 4.69) is 27.5 Å². The van der Waals surface area contributed by atoms with Crippen molar-refractivity contribution in [3.05, 3.63) is 12.4 Å². The maximum absolute atomic E-state index is 4.23. The molecule has 4 nitrogen and oxygen atoms in total. The summed E-state index contributed by atoms with van der Waals surface area (Å²) in [6.07, 6.45) is 7.09. The van der Waals surface area contributed by atoms with E-state index in [9.17, 15) is 0 Å². The molecule has 1 fully saturated rings. The van der Waals surface area contributed by atoms with E-state index in [0.29, 0.717) is 0 Å². The first-order valence-electron chi connectivity index (χ1n) is 6.53. The molecule has 1 aliphatic carbocycles. The Hall–Kier alpha value is -1.32. The van der Waals surface area contributed by atoms with Crippen molar-refractivity contribution in [3.63, 3.8) is 0 Å². The molecular formula is C13H22N4. The lowest BCUT2D eigenvalue weighted by Gasteiger charge is -2.28. The van der Waals surface area contributed by atoms with Gasteiger partial charge in [-0.3, -0.25) is 0 Å². The number of aromatic nitrogens is 2. The molecule has 0 bridgehead atoms. The molecule has 0 saturated heterocycles. The van der Waals surface area contributed by atoms with Crippen molar-refractivity contribution in [1.82, 2.24) is 9.97 Å². The van der Waals surface area contributed by atoms with Crippen molar-refractivity contribution in [2.24, 2.45) is 11.8 Å². The standard InChI is InChI=1S/C13H22N4/c1-10-5-3-4-6-11(10)8-15-13-7-12(14-2)16-9-17-13/h7,9-11H,3-6,8H2,1-2H3,(H2,14,15,16,17). The Balaban J connectivity index is 1.88. The molecule has 0 spiro atoms. The summed E-state index contributed by atoms with van der Waals surface area (Å²) in [4.78, 5) is 8.34. The average molecular weight is 234 g/mol. The molecule has 0 radical (unpaired) electrons. The van der Waals surface area contributed by atoms with Gasteiger partial charge in [-0.05, 0) is 18.3 Å². The smallest absolute Gasteiger partial charge is 0.131 e. The molecule has 2 N–H and O–H groups in total. The first-order valence-corrected chi connectivity index (χ1v) is 6.53. The minimum absolute atomic E-state index is 0.789. The van der Waals surface area contributed by atoms with Crippen LogP contribution >= 0.6 is 0 Å². The van der Waals surface area contributed by atoms with Crippen LogP contribution in [0.15, 0.2) is 12.4 Å². The summed E-state index contributed by atoms with van der Waals surface area (Å²) >= 11 is 0. The molecule has 0 amide bonds. The van der Waals surface area contributed by atoms with Crippen molar-refractivity contribution in [2.75, 3.05) is 24.2 Å². The van der Waals surface area contributed by atoms with E-state index in [4.69, 9.17) is 0 Å². The number of hydrogen-bond acceptors (Lipinski definition) is 4. The zero-order chi connectivity index (χ0) is 12.1. The van der Waals surface area contributed by atoms with E-state index in [1.807, 2.05) is 13.1 Å². The summed E-state index contributed by atoms with van der Waals surface area (Å²) in [6, 6.07) is 1.95. The number of rotatable bonds is 4. The Morgan fingerprint density at radius 1 is 1.24 bits per heavy atom. The van der Waals surface area contributed by atoms with Gasteiger partial charge in [-0.15, -0.1) is 0 Å². The van der Waals surface area contributed by atoms with Gasteiger partial charge in [-0.2, -0.15) is 0 Å². The van der Waals surface area contributed by atoms with Gasteiger partial charge in [0.15, 0.2) is 0 Å². The number of anilines is 2. The molecule has 0 aromatic carbocycles. The van der Waals surface area contributed by atoms with Crippen LogP contribution < -0.4 is 10.6 Å². The molecule has 2 unspecified atom stereocenters. The third-order valence-electron chi connectivity index (χ3n) is 3.76. The lowest BCUT2D eigenvalue weighted by atomic mass is 9.80. The highest BCUT2D eigenvalue weighted by Gasteiger charge is 2.20. The van der Waals surface area contributed by atoms with E-state index in [1.54, 1.807) is 6.33 Å². The van der Waals surface area contributed by atoms with Crippen LogP contribution in [0.5, 0.6) is 0 Å². The van der Waals surface area contributed by atoms with Crippen LogP contribution in [0.1, 0.15) is 32.6 Å². The van der Waals surface area contributed by atoms with E-state index in [1.165, 1.54) is 25.7 Å². The van der Waals surface area contributed by atoms with Gasteiger partial charge in [0.25, 0.3) is 0 Å². The Bertz CT molecular complexity index is 353. The van der Waals surface area contributed by atoms with Gasteiger partial charge in [0.1, 0.15) is 18.0 Å². The van der Waals surface area contributed by atoms with E-state index >= 15 is 0 Å². The molecule has 17 heavy (non-hydrogen) atoms. The third-order valence-corrected chi connectivity index (χ3v) is 3.76. The second-order valence-electron chi connectivity index (χ2n) is 4.94. The summed E-state index contributed by atoms with van der Waals surface area (Å²) in [5.74, 6) is 3.40. The Kier molecular flexibility index (Phi) is 4.18. The lowest BCUT2D eigenvalue weighted by Crippen LogP contribution is -2.24. The third kappa shape index (κ3) is 3.32. The monoisotopic (exact) mass is 234 g/mol. The maximum atomic E-state index is 4.23. The summed E-state index contributed by atoms with van der Waals surface area (Å²) in [5.41, 5.74) is 0. The van der Waals surface area contributed by atoms with Crippen LogP contribution in [0.4, 0.5) is 11.6 Å². The zero-order valence-electron chi connectivity index (χ0n) is 10.7. The fraction of sp³-hybridized carbons (Fsp3) is 0.692. The van der Waals surface area contributed by atoms with Gasteiger partial charge in [-0.25, -0.2) is 9.97 Å². The van der Waals surface area contributed by atoms with Gasteiger partial charge in [-0.1, -0.05) is 26.2 Å². The van der Waals surface area contributed by atoms with E-state index in [0.717, 1.165) is 30.0 Å². The van der Waals surface area contributed by atoms with Crippen LogP contribution in [-0.2, 0) is 0 Å². The zero-order valence-corrected chi connectivity index (χ0v) is 10.7. The minimum atomic E-state index is 0.789. The highest BCUT2D eigenvalue weighted by molar-refractivity contribution is 5.45. The minimum Gasteiger partial charge on any atom is -0.373 e. The molecule has 2 atom stereocenters. The van der Waals surface area contributed by atoms with E-state index < -0.39 is 0 Å². The summed E-state index contributed by atoms with van der Waals surface area (Å²) < 4.78 is 0. The van der Waals surface area contributed by atoms with E-state index in [-0.39, 0.29) is 0 Å². The van der Waals surface area contributed by atoms with Crippen molar-refractivity contribution in [3.8, 4) is 0 Å². The fourth-order valence-corrected chi connectivity index (χ4v) is 2.52. The predicted molar refractivity (Wildman–Crippen MR) is 71.2 cm³/mol. The summed E-state index contributed by atoms with van der Waals surface area (Å²) in [5, 5.41) is 6.45. The highest BCUT2D eigenvalue weighted by atomic mass is 15.1. The largest absolute Gasteiger partial charge is 0.373 e. The summed E-state index contributed by atoms with van der Waals surface area (Å²) in [6.45, 7) is 3.39.